The van der Waals surface area contributed by atoms with Crippen LogP contribution >= 0.6 is 8.58 Å². The zero-order chi connectivity index (χ0) is 18.4. The Balaban J connectivity index is 0.000000240. The highest BCUT2D eigenvalue weighted by Gasteiger charge is 2.62. The Hall–Kier alpha value is -1.69. The molecule has 0 saturated heterocycles. The zero-order valence-electron chi connectivity index (χ0n) is 11.8. The molecule has 1 atom stereocenters. The van der Waals surface area contributed by atoms with E-state index in [4.69, 9.17) is 0 Å². The summed E-state index contributed by atoms with van der Waals surface area (Å²) in [5, 5.41) is 0. The molecule has 0 spiro atoms. The predicted molar refractivity (Wildman–Crippen MR) is 77.3 cm³/mol. The Labute approximate surface area is 134 Å². The fraction of sp³-hybridized carbons (Fsp3) is 0.200. The molecule has 0 aliphatic heterocycles. The highest BCUT2D eigenvalue weighted by Crippen LogP contribution is 2.55. The minimum absolute atomic E-state index is 1.28. The Morgan fingerprint density at radius 2 is 0.875 bits per heavy atom. The average Bonchev–Trinajstić information content (AvgIpc) is 2.46. The molecule has 0 nitrogen and oxygen atoms in total. The summed E-state index contributed by atoms with van der Waals surface area (Å²) in [6.07, 6.45) is -6.14. The fourth-order valence-corrected chi connectivity index (χ4v) is 2.01. The van der Waals surface area contributed by atoms with E-state index in [9.17, 15) is 35.1 Å². The summed E-state index contributed by atoms with van der Waals surface area (Å²) in [7, 11) is -3.44. The van der Waals surface area contributed by atoms with Crippen LogP contribution in [0.3, 0.4) is 0 Å². The lowest BCUT2D eigenvalue weighted by atomic mass is 10.1. The molecule has 9 heteroatoms. The summed E-state index contributed by atoms with van der Waals surface area (Å²) in [6.45, 7) is 0. The minimum atomic E-state index is -6.14. The molecule has 132 valence electrons. The topological polar surface area (TPSA) is 0 Å². The molecule has 0 aromatic heterocycles. The van der Waals surface area contributed by atoms with E-state index in [0.29, 0.717) is 0 Å². The van der Waals surface area contributed by atoms with Gasteiger partial charge in [-0.1, -0.05) is 60.7 Å². The van der Waals surface area contributed by atoms with Gasteiger partial charge in [-0.2, -0.15) is 35.1 Å². The Bertz CT molecular complexity index is 567. The van der Waals surface area contributed by atoms with Crippen LogP contribution in [-0.4, -0.2) is 17.8 Å². The van der Waals surface area contributed by atoms with E-state index >= 15 is 0 Å². The first-order valence-corrected chi connectivity index (χ1v) is 7.33. The van der Waals surface area contributed by atoms with Gasteiger partial charge in [-0.25, -0.2) is 0 Å². The van der Waals surface area contributed by atoms with Gasteiger partial charge in [0.25, 0.3) is 0 Å². The molecule has 0 fully saturated rings. The van der Waals surface area contributed by atoms with Gasteiger partial charge < -0.3 is 0 Å². The number of alkyl halides is 8. The molecule has 0 aliphatic rings. The van der Waals surface area contributed by atoms with Gasteiger partial charge in [-0.3, -0.25) is 0 Å². The van der Waals surface area contributed by atoms with Crippen LogP contribution in [0.15, 0.2) is 60.7 Å². The highest BCUT2D eigenvalue weighted by atomic mass is 31.1. The van der Waals surface area contributed by atoms with Gasteiger partial charge in [-0.15, -0.1) is 0 Å². The van der Waals surface area contributed by atoms with Crippen molar-refractivity contribution in [1.82, 2.24) is 0 Å². The Morgan fingerprint density at radius 1 is 0.542 bits per heavy atom. The van der Waals surface area contributed by atoms with Crippen molar-refractivity contribution in [2.24, 2.45) is 0 Å². The van der Waals surface area contributed by atoms with Crippen molar-refractivity contribution in [1.29, 1.82) is 0 Å². The summed E-state index contributed by atoms with van der Waals surface area (Å²) < 4.78 is 89.9. The van der Waals surface area contributed by atoms with Crippen LogP contribution in [0.5, 0.6) is 0 Å². The van der Waals surface area contributed by atoms with Crippen molar-refractivity contribution in [2.45, 2.75) is 17.8 Å². The first-order chi connectivity index (χ1) is 10.9. The van der Waals surface area contributed by atoms with E-state index in [1.54, 1.807) is 0 Å². The van der Waals surface area contributed by atoms with Crippen LogP contribution in [0.4, 0.5) is 35.1 Å². The van der Waals surface area contributed by atoms with Gasteiger partial charge in [0.15, 0.2) is 0 Å². The summed E-state index contributed by atoms with van der Waals surface area (Å²) in [4.78, 5) is 0. The summed E-state index contributed by atoms with van der Waals surface area (Å²) >= 11 is 0. The van der Waals surface area contributed by atoms with Crippen molar-refractivity contribution < 1.29 is 35.1 Å². The van der Waals surface area contributed by atoms with Gasteiger partial charge in [0.1, 0.15) is 0 Å². The van der Waals surface area contributed by atoms with Crippen LogP contribution in [-0.2, 0) is 0 Å². The quantitative estimate of drug-likeness (QED) is 0.406. The minimum Gasteiger partial charge on any atom is -0.191 e. The molecule has 0 radical (unpaired) electrons. The van der Waals surface area contributed by atoms with Crippen LogP contribution in [0.1, 0.15) is 0 Å². The molecule has 0 aliphatic carbocycles. The number of halogens is 8. The lowest BCUT2D eigenvalue weighted by Crippen LogP contribution is -2.33. The van der Waals surface area contributed by atoms with Gasteiger partial charge in [0.2, 0.25) is 0 Å². The van der Waals surface area contributed by atoms with Crippen LogP contribution < -0.4 is 0 Å². The van der Waals surface area contributed by atoms with Gasteiger partial charge >= 0.3 is 17.8 Å². The largest absolute Gasteiger partial charge is 0.457 e. The number of hydrogen-bond acceptors (Lipinski definition) is 0. The van der Waals surface area contributed by atoms with E-state index in [-0.39, 0.29) is 0 Å². The maximum atomic E-state index is 11.6. The summed E-state index contributed by atoms with van der Waals surface area (Å²) in [6, 6.07) is 20.8. The van der Waals surface area contributed by atoms with Gasteiger partial charge in [0.05, 0.1) is 8.58 Å². The molecule has 1 unspecified atom stereocenters. The van der Waals surface area contributed by atoms with Crippen LogP contribution in [0.25, 0.3) is 11.1 Å². The van der Waals surface area contributed by atoms with Crippen molar-refractivity contribution in [3.8, 4) is 11.1 Å². The number of hydrogen-bond donors (Lipinski definition) is 0. The first-order valence-electron chi connectivity index (χ1n) is 6.33. The third-order valence-electron chi connectivity index (χ3n) is 2.54. The number of rotatable bonds is 2. The second kappa shape index (κ2) is 7.92. The van der Waals surface area contributed by atoms with Gasteiger partial charge in [-0.05, 0) is 11.1 Å². The Morgan fingerprint density at radius 3 is 1.08 bits per heavy atom. The molecule has 0 N–H and O–H groups in total. The monoisotopic (exact) mass is 374 g/mol. The Kier molecular flexibility index (Phi) is 6.72. The smallest absolute Gasteiger partial charge is 0.191 e. The van der Waals surface area contributed by atoms with E-state index in [0.717, 1.165) is 0 Å². The lowest BCUT2D eigenvalue weighted by Gasteiger charge is -2.20. The summed E-state index contributed by atoms with van der Waals surface area (Å²) in [5.41, 5.74) is -3.12. The van der Waals surface area contributed by atoms with E-state index in [1.807, 2.05) is 12.1 Å². The second-order valence-corrected chi connectivity index (χ2v) is 5.87. The van der Waals surface area contributed by atoms with Crippen molar-refractivity contribution in [3.63, 3.8) is 0 Å². The highest BCUT2D eigenvalue weighted by molar-refractivity contribution is 7.40. The lowest BCUT2D eigenvalue weighted by molar-refractivity contribution is -0.243. The van der Waals surface area contributed by atoms with E-state index < -0.39 is 26.3 Å². The van der Waals surface area contributed by atoms with E-state index in [2.05, 4.69) is 48.5 Å². The van der Waals surface area contributed by atoms with E-state index in [1.165, 1.54) is 11.1 Å². The fourth-order valence-electron chi connectivity index (χ4n) is 1.51. The molecule has 0 bridgehead atoms. The SMILES string of the molecule is FC(F)(F)PC(F)(F)C(F)(F)F.c1ccc(-c2ccccc2)cc1. The predicted octanol–water partition coefficient (Wildman–Crippen LogP) is 6.69. The first kappa shape index (κ1) is 20.4. The second-order valence-electron chi connectivity index (χ2n) is 4.43. The summed E-state index contributed by atoms with van der Waals surface area (Å²) in [5.74, 6) is -5.50. The van der Waals surface area contributed by atoms with Crippen LogP contribution in [0.2, 0.25) is 0 Å². The molecule has 0 heterocycles. The molecule has 2 aromatic carbocycles. The maximum absolute atomic E-state index is 11.6. The maximum Gasteiger partial charge on any atom is 0.457 e. The van der Waals surface area contributed by atoms with Crippen molar-refractivity contribution >= 4 is 8.58 Å². The molecule has 2 aromatic rings. The normalized spacial score (nSPS) is 12.8. The average molecular weight is 374 g/mol. The zero-order valence-corrected chi connectivity index (χ0v) is 12.8. The van der Waals surface area contributed by atoms with Crippen LogP contribution in [0, 0.1) is 0 Å². The molecule has 0 amide bonds. The molecular formula is C15H11F8P. The third kappa shape index (κ3) is 6.83. The molecular weight excluding hydrogens is 363 g/mol. The molecule has 24 heavy (non-hydrogen) atoms. The van der Waals surface area contributed by atoms with Crippen molar-refractivity contribution in [3.05, 3.63) is 60.7 Å². The van der Waals surface area contributed by atoms with Gasteiger partial charge in [0, 0.05) is 0 Å². The third-order valence-corrected chi connectivity index (χ3v) is 3.42. The van der Waals surface area contributed by atoms with Crippen molar-refractivity contribution in [2.75, 3.05) is 0 Å². The molecule has 0 saturated carbocycles. The number of benzene rings is 2. The standard InChI is InChI=1S/C12H10.C3HF8P/c1-3-7-11(8-4-1)12-9-5-2-6-10-12;4-1(5,6)2(7,8)12-3(9,10)11/h1-10H;12H. The molecule has 2 rings (SSSR count).